The fraction of sp³-hybridized carbons (Fsp3) is 0.357. The molecule has 0 atom stereocenters. The van der Waals surface area contributed by atoms with Gasteiger partial charge in [-0.05, 0) is 30.3 Å². The highest BCUT2D eigenvalue weighted by Gasteiger charge is 2.28. The number of nitrogens with zero attached hydrogens (tertiary/aromatic N) is 5. The van der Waals surface area contributed by atoms with E-state index in [1.54, 1.807) is 15.9 Å². The molecule has 0 aliphatic carbocycles. The summed E-state index contributed by atoms with van der Waals surface area (Å²) in [5.41, 5.74) is 0.694. The molecular formula is C28H32ClF2N6O4+. The summed E-state index contributed by atoms with van der Waals surface area (Å²) in [6, 6.07) is 7.15. The fourth-order valence-corrected chi connectivity index (χ4v) is 4.81. The van der Waals surface area contributed by atoms with Crippen LogP contribution >= 0.6 is 11.6 Å². The predicted octanol–water partition coefficient (Wildman–Crippen LogP) is 3.27. The van der Waals surface area contributed by atoms with Crippen LogP contribution in [0.2, 0.25) is 5.02 Å². The third-order valence-corrected chi connectivity index (χ3v) is 7.03. The first-order valence-electron chi connectivity index (χ1n) is 12.8. The number of nitrogens with one attached hydrogen (secondary N) is 1. The van der Waals surface area contributed by atoms with Gasteiger partial charge in [0.25, 0.3) is 17.7 Å². The topological polar surface area (TPSA) is 96.8 Å². The summed E-state index contributed by atoms with van der Waals surface area (Å²) in [5, 5.41) is 2.81. The zero-order chi connectivity index (χ0) is 30.1. The van der Waals surface area contributed by atoms with Crippen molar-refractivity contribution < 1.29 is 32.4 Å². The predicted molar refractivity (Wildman–Crippen MR) is 150 cm³/mol. The van der Waals surface area contributed by atoms with E-state index in [1.165, 1.54) is 49.2 Å². The summed E-state index contributed by atoms with van der Waals surface area (Å²) in [6.45, 7) is 2.03. The molecule has 1 saturated heterocycles. The van der Waals surface area contributed by atoms with Crippen LogP contribution in [0.4, 0.5) is 14.5 Å². The normalized spacial score (nSPS) is 13.8. The average molecular weight is 590 g/mol. The summed E-state index contributed by atoms with van der Waals surface area (Å²) in [4.78, 5) is 46.1. The largest absolute Gasteiger partial charge is 0.494 e. The van der Waals surface area contributed by atoms with Crippen LogP contribution in [0.1, 0.15) is 21.0 Å². The van der Waals surface area contributed by atoms with Gasteiger partial charge in [0.05, 0.1) is 50.7 Å². The molecule has 4 rings (SSSR count). The van der Waals surface area contributed by atoms with Crippen molar-refractivity contribution in [2.45, 2.75) is 0 Å². The number of hydrogen-bond acceptors (Lipinski definition) is 5. The Bertz CT molecular complexity index is 1500. The van der Waals surface area contributed by atoms with Crippen LogP contribution in [0.25, 0.3) is 11.3 Å². The first kappa shape index (κ1) is 29.9. The molecule has 1 aliphatic rings. The molecule has 3 aromatic rings. The van der Waals surface area contributed by atoms with Crippen molar-refractivity contribution in [1.29, 1.82) is 0 Å². The van der Waals surface area contributed by atoms with Crippen LogP contribution < -0.4 is 10.1 Å². The molecular weight excluding hydrogens is 558 g/mol. The van der Waals surface area contributed by atoms with Gasteiger partial charge in [-0.1, -0.05) is 11.6 Å². The van der Waals surface area contributed by atoms with E-state index < -0.39 is 17.5 Å². The number of halogens is 3. The van der Waals surface area contributed by atoms with Gasteiger partial charge >= 0.3 is 0 Å². The van der Waals surface area contributed by atoms with Crippen LogP contribution in [0, 0.1) is 11.6 Å². The van der Waals surface area contributed by atoms with E-state index in [2.05, 4.69) is 10.3 Å². The van der Waals surface area contributed by atoms with E-state index in [1.807, 2.05) is 21.1 Å². The lowest BCUT2D eigenvalue weighted by atomic mass is 10.1. The molecule has 218 valence electrons. The van der Waals surface area contributed by atoms with Crippen LogP contribution in [-0.4, -0.2) is 103 Å². The highest BCUT2D eigenvalue weighted by Crippen LogP contribution is 2.30. The lowest BCUT2D eigenvalue weighted by Crippen LogP contribution is -2.54. The molecule has 0 radical (unpaired) electrons. The second-order valence-corrected chi connectivity index (χ2v) is 11.1. The number of quaternary nitrogens is 1. The lowest BCUT2D eigenvalue weighted by molar-refractivity contribution is -0.862. The Kier molecular flexibility index (Phi) is 8.64. The van der Waals surface area contributed by atoms with Crippen molar-refractivity contribution >= 4 is 35.0 Å². The molecule has 0 bridgehead atoms. The smallest absolute Gasteiger partial charge is 0.291 e. The molecule has 0 unspecified atom stereocenters. The number of hydrogen-bond donors (Lipinski definition) is 1. The van der Waals surface area contributed by atoms with Crippen LogP contribution in [0.5, 0.6) is 5.75 Å². The van der Waals surface area contributed by atoms with Gasteiger partial charge in [0, 0.05) is 44.5 Å². The molecule has 0 spiro atoms. The van der Waals surface area contributed by atoms with E-state index in [4.69, 9.17) is 16.3 Å². The lowest BCUT2D eigenvalue weighted by Gasteiger charge is -2.36. The van der Waals surface area contributed by atoms with Crippen LogP contribution in [0.3, 0.4) is 0 Å². The first-order valence-corrected chi connectivity index (χ1v) is 13.2. The van der Waals surface area contributed by atoms with Crippen LogP contribution in [-0.2, 0) is 11.8 Å². The van der Waals surface area contributed by atoms with Crippen molar-refractivity contribution in [3.63, 3.8) is 0 Å². The summed E-state index contributed by atoms with van der Waals surface area (Å²) in [5.74, 6) is -3.39. The molecule has 1 aliphatic heterocycles. The van der Waals surface area contributed by atoms with Crippen molar-refractivity contribution in [2.24, 2.45) is 7.05 Å². The maximum atomic E-state index is 14.6. The maximum absolute atomic E-state index is 14.6. The van der Waals surface area contributed by atoms with Crippen LogP contribution in [0.15, 0.2) is 36.5 Å². The molecule has 0 saturated carbocycles. The standard InChI is InChI=1S/C28H31ClF2N6O4/c1-34-21(19-8-9-22(41-5)25(31)24(19)30)15-32-26(34)27(39)33-17-6-7-18(20(29)14-17)28(40)36-12-10-35(11-13-36)23(38)16-37(2,3)4/h6-9,14-15H,10-13,16H2,1-5H3/p+1. The number of anilines is 1. The molecule has 1 fully saturated rings. The number of methoxy groups -OCH3 is 1. The van der Waals surface area contributed by atoms with Gasteiger partial charge in [0.15, 0.2) is 23.9 Å². The quantitative estimate of drug-likeness (QED) is 0.427. The number of amides is 3. The Morgan fingerprint density at radius 1 is 1.02 bits per heavy atom. The van der Waals surface area contributed by atoms with Gasteiger partial charge in [-0.3, -0.25) is 14.4 Å². The van der Waals surface area contributed by atoms with E-state index >= 15 is 0 Å². The van der Waals surface area contributed by atoms with E-state index in [-0.39, 0.29) is 45.2 Å². The molecule has 41 heavy (non-hydrogen) atoms. The van der Waals surface area contributed by atoms with Gasteiger partial charge in [-0.2, -0.15) is 4.39 Å². The Morgan fingerprint density at radius 2 is 1.68 bits per heavy atom. The van der Waals surface area contributed by atoms with Gasteiger partial charge in [0.1, 0.15) is 0 Å². The molecule has 3 amide bonds. The number of ether oxygens (including phenoxy) is 1. The number of carbonyl (C=O) groups excluding carboxylic acids is 3. The number of carbonyl (C=O) groups is 3. The Balaban J connectivity index is 1.42. The number of imidazole rings is 1. The zero-order valence-electron chi connectivity index (χ0n) is 23.5. The van der Waals surface area contributed by atoms with Crippen molar-refractivity contribution in [3.05, 3.63) is 64.6 Å². The Hall–Kier alpha value is -4.03. The Labute approximate surface area is 241 Å². The number of rotatable bonds is 7. The maximum Gasteiger partial charge on any atom is 0.291 e. The van der Waals surface area contributed by atoms with E-state index in [0.29, 0.717) is 42.9 Å². The number of piperazine rings is 1. The molecule has 2 heterocycles. The van der Waals surface area contributed by atoms with Gasteiger partial charge < -0.3 is 28.9 Å². The highest BCUT2D eigenvalue weighted by atomic mass is 35.5. The van der Waals surface area contributed by atoms with E-state index in [0.717, 1.165) is 0 Å². The monoisotopic (exact) mass is 589 g/mol. The molecule has 1 N–H and O–H groups in total. The summed E-state index contributed by atoms with van der Waals surface area (Å²) >= 11 is 6.42. The molecule has 10 nitrogen and oxygen atoms in total. The molecule has 1 aromatic heterocycles. The van der Waals surface area contributed by atoms with Gasteiger partial charge in [-0.15, -0.1) is 0 Å². The third-order valence-electron chi connectivity index (χ3n) is 6.72. The first-order chi connectivity index (χ1) is 19.3. The minimum absolute atomic E-state index is 0.0452. The average Bonchev–Trinajstić information content (AvgIpc) is 3.30. The summed E-state index contributed by atoms with van der Waals surface area (Å²) in [7, 11) is 8.59. The van der Waals surface area contributed by atoms with Gasteiger partial charge in [-0.25, -0.2) is 9.37 Å². The fourth-order valence-electron chi connectivity index (χ4n) is 4.55. The molecule has 2 aromatic carbocycles. The number of benzene rings is 2. The number of aromatic nitrogens is 2. The molecule has 13 heteroatoms. The SMILES string of the molecule is COc1ccc(-c2cnc(C(=O)Nc3ccc(C(=O)N4CCN(C(=O)C[N+](C)(C)C)CC4)c(Cl)c3)n2C)c(F)c1F. The van der Waals surface area contributed by atoms with Crippen molar-refractivity contribution in [2.75, 3.05) is 66.3 Å². The third kappa shape index (κ3) is 6.49. The zero-order valence-corrected chi connectivity index (χ0v) is 24.3. The van der Waals surface area contributed by atoms with Gasteiger partial charge in [0.2, 0.25) is 5.82 Å². The van der Waals surface area contributed by atoms with Crippen molar-refractivity contribution in [1.82, 2.24) is 19.4 Å². The minimum Gasteiger partial charge on any atom is -0.494 e. The van der Waals surface area contributed by atoms with Crippen molar-refractivity contribution in [3.8, 4) is 17.0 Å². The Morgan fingerprint density at radius 3 is 2.29 bits per heavy atom. The minimum atomic E-state index is -1.14. The van der Waals surface area contributed by atoms with E-state index in [9.17, 15) is 23.2 Å². The summed E-state index contributed by atoms with van der Waals surface area (Å²) < 4.78 is 35.5. The number of likely N-dealkylation sites (N-methyl/N-ethyl adjacent to an activating group) is 1. The highest BCUT2D eigenvalue weighted by molar-refractivity contribution is 6.34. The second kappa shape index (κ2) is 11.8. The second-order valence-electron chi connectivity index (χ2n) is 10.7. The summed E-state index contributed by atoms with van der Waals surface area (Å²) in [6.07, 6.45) is 1.27.